The van der Waals surface area contributed by atoms with Crippen LogP contribution in [0.15, 0.2) is 60.7 Å². The van der Waals surface area contributed by atoms with E-state index in [-0.39, 0.29) is 5.91 Å². The van der Waals surface area contributed by atoms with Gasteiger partial charge in [-0.3, -0.25) is 4.79 Å². The van der Waals surface area contributed by atoms with E-state index in [1.807, 2.05) is 42.5 Å². The summed E-state index contributed by atoms with van der Waals surface area (Å²) in [6.07, 6.45) is 17.3. The molecule has 0 spiro atoms. The number of carbonyl (C=O) groups excluding carboxylic acids is 2. The Hall–Kier alpha value is -3.34. The molecule has 1 amide bonds. The first-order valence-corrected chi connectivity index (χ1v) is 15.9. The molecule has 0 fully saturated rings. The second-order valence-corrected chi connectivity index (χ2v) is 11.0. The highest BCUT2D eigenvalue weighted by atomic mass is 16.5. The van der Waals surface area contributed by atoms with Crippen LogP contribution in [0.3, 0.4) is 0 Å². The van der Waals surface area contributed by atoms with Crippen molar-refractivity contribution in [1.82, 2.24) is 5.32 Å². The highest BCUT2D eigenvalue weighted by Gasteiger charge is 2.11. The first-order chi connectivity index (χ1) is 20.1. The van der Waals surface area contributed by atoms with E-state index in [9.17, 15) is 9.59 Å². The summed E-state index contributed by atoms with van der Waals surface area (Å²) in [7, 11) is 0. The van der Waals surface area contributed by atoms with Gasteiger partial charge in [0, 0.05) is 12.1 Å². The van der Waals surface area contributed by atoms with Gasteiger partial charge >= 0.3 is 5.97 Å². The lowest BCUT2D eigenvalue weighted by Gasteiger charge is -2.09. The standard InChI is InChI=1S/C36H49NO4/c1-3-5-7-9-11-12-14-16-26-40-33-22-19-29(20-23-33)36(39)41-34-24-21-30-27-32(18-17-31(30)28-34)35(38)37-25-15-13-10-8-6-4-2/h17-24,27-28H,3-16,25-26H2,1-2H3,(H,37,38). The minimum absolute atomic E-state index is 0.0545. The van der Waals surface area contributed by atoms with Crippen molar-refractivity contribution in [2.45, 2.75) is 104 Å². The third-order valence-electron chi connectivity index (χ3n) is 7.46. The van der Waals surface area contributed by atoms with Crippen LogP contribution in [-0.4, -0.2) is 25.0 Å². The number of benzene rings is 3. The van der Waals surface area contributed by atoms with E-state index in [0.717, 1.165) is 35.8 Å². The van der Waals surface area contributed by atoms with Crippen LogP contribution in [0.1, 0.15) is 124 Å². The molecule has 0 unspecified atom stereocenters. The Morgan fingerprint density at radius 1 is 0.585 bits per heavy atom. The minimum atomic E-state index is -0.412. The molecule has 5 heteroatoms. The number of amides is 1. The molecule has 3 rings (SSSR count). The van der Waals surface area contributed by atoms with E-state index in [1.54, 1.807) is 18.2 Å². The van der Waals surface area contributed by atoms with E-state index in [0.29, 0.717) is 30.0 Å². The predicted molar refractivity (Wildman–Crippen MR) is 169 cm³/mol. The maximum Gasteiger partial charge on any atom is 0.343 e. The predicted octanol–water partition coefficient (Wildman–Crippen LogP) is 9.67. The molecule has 222 valence electrons. The van der Waals surface area contributed by atoms with Crippen LogP contribution < -0.4 is 14.8 Å². The Morgan fingerprint density at radius 3 is 1.80 bits per heavy atom. The lowest BCUT2D eigenvalue weighted by molar-refractivity contribution is 0.0734. The summed E-state index contributed by atoms with van der Waals surface area (Å²) in [5, 5.41) is 4.86. The average molecular weight is 560 g/mol. The van der Waals surface area contributed by atoms with Gasteiger partial charge in [-0.05, 0) is 72.1 Å². The van der Waals surface area contributed by atoms with Crippen LogP contribution in [0.2, 0.25) is 0 Å². The van der Waals surface area contributed by atoms with Gasteiger partial charge in [0.05, 0.1) is 12.2 Å². The summed E-state index contributed by atoms with van der Waals surface area (Å²) in [6.45, 7) is 5.85. The Morgan fingerprint density at radius 2 is 1.12 bits per heavy atom. The highest BCUT2D eigenvalue weighted by Crippen LogP contribution is 2.23. The zero-order valence-corrected chi connectivity index (χ0v) is 25.2. The van der Waals surface area contributed by atoms with E-state index >= 15 is 0 Å². The van der Waals surface area contributed by atoms with Crippen molar-refractivity contribution >= 4 is 22.6 Å². The number of unbranched alkanes of at least 4 members (excludes halogenated alkanes) is 12. The van der Waals surface area contributed by atoms with Crippen LogP contribution in [-0.2, 0) is 0 Å². The van der Waals surface area contributed by atoms with Gasteiger partial charge in [0.2, 0.25) is 0 Å². The van der Waals surface area contributed by atoms with Crippen molar-refractivity contribution in [2.75, 3.05) is 13.2 Å². The first-order valence-electron chi connectivity index (χ1n) is 15.9. The normalized spacial score (nSPS) is 11.0. The fraction of sp³-hybridized carbons (Fsp3) is 0.500. The van der Waals surface area contributed by atoms with Gasteiger partial charge in [0.15, 0.2) is 0 Å². The zero-order valence-electron chi connectivity index (χ0n) is 25.2. The summed E-state index contributed by atoms with van der Waals surface area (Å²) in [5.41, 5.74) is 1.11. The molecule has 0 bridgehead atoms. The van der Waals surface area contributed by atoms with Crippen LogP contribution in [0, 0.1) is 0 Å². The van der Waals surface area contributed by atoms with Gasteiger partial charge < -0.3 is 14.8 Å². The van der Waals surface area contributed by atoms with Crippen molar-refractivity contribution in [3.63, 3.8) is 0 Å². The number of hydrogen-bond acceptors (Lipinski definition) is 4. The summed E-state index contributed by atoms with van der Waals surface area (Å²) >= 11 is 0. The molecule has 0 aliphatic heterocycles. The third-order valence-corrected chi connectivity index (χ3v) is 7.46. The molecule has 3 aromatic carbocycles. The number of rotatable bonds is 20. The number of carbonyl (C=O) groups is 2. The third kappa shape index (κ3) is 12.0. The van der Waals surface area contributed by atoms with Gasteiger partial charge in [0.1, 0.15) is 11.5 Å². The fourth-order valence-corrected chi connectivity index (χ4v) is 4.92. The fourth-order valence-electron chi connectivity index (χ4n) is 4.92. The molecular weight excluding hydrogens is 510 g/mol. The maximum atomic E-state index is 12.7. The minimum Gasteiger partial charge on any atom is -0.494 e. The summed E-state index contributed by atoms with van der Waals surface area (Å²) in [4.78, 5) is 25.3. The molecule has 5 nitrogen and oxygen atoms in total. The van der Waals surface area contributed by atoms with Crippen molar-refractivity contribution in [2.24, 2.45) is 0 Å². The van der Waals surface area contributed by atoms with Crippen molar-refractivity contribution < 1.29 is 19.1 Å². The molecular formula is C36H49NO4. The van der Waals surface area contributed by atoms with Gasteiger partial charge in [-0.2, -0.15) is 0 Å². The second kappa shape index (κ2) is 18.9. The lowest BCUT2D eigenvalue weighted by atomic mass is 10.1. The zero-order chi connectivity index (χ0) is 29.1. The molecule has 0 radical (unpaired) electrons. The van der Waals surface area contributed by atoms with Crippen molar-refractivity contribution in [3.05, 3.63) is 71.8 Å². The second-order valence-electron chi connectivity index (χ2n) is 11.0. The molecule has 41 heavy (non-hydrogen) atoms. The molecule has 0 heterocycles. The van der Waals surface area contributed by atoms with Crippen LogP contribution in [0.25, 0.3) is 10.8 Å². The Bertz CT molecular complexity index is 1190. The van der Waals surface area contributed by atoms with Crippen LogP contribution >= 0.6 is 0 Å². The van der Waals surface area contributed by atoms with Crippen LogP contribution in [0.4, 0.5) is 0 Å². The summed E-state index contributed by atoms with van der Waals surface area (Å²) in [5.74, 6) is 0.769. The Balaban J connectivity index is 1.41. The SMILES string of the molecule is CCCCCCCCCCOc1ccc(C(=O)Oc2ccc3cc(C(=O)NCCCCCCCC)ccc3c2)cc1. The van der Waals surface area contributed by atoms with Crippen LogP contribution in [0.5, 0.6) is 11.5 Å². The van der Waals surface area contributed by atoms with Crippen molar-refractivity contribution in [1.29, 1.82) is 0 Å². The Kier molecular flexibility index (Phi) is 14.8. The topological polar surface area (TPSA) is 64.6 Å². The van der Waals surface area contributed by atoms with Crippen molar-refractivity contribution in [3.8, 4) is 11.5 Å². The lowest BCUT2D eigenvalue weighted by Crippen LogP contribution is -2.24. The summed E-state index contributed by atoms with van der Waals surface area (Å²) in [6, 6.07) is 18.2. The smallest absolute Gasteiger partial charge is 0.343 e. The van der Waals surface area contributed by atoms with E-state index in [2.05, 4.69) is 19.2 Å². The number of ether oxygens (including phenoxy) is 2. The van der Waals surface area contributed by atoms with E-state index < -0.39 is 5.97 Å². The first kappa shape index (κ1) is 32.2. The maximum absolute atomic E-state index is 12.7. The number of fused-ring (bicyclic) bond motifs is 1. The molecule has 1 N–H and O–H groups in total. The number of esters is 1. The van der Waals surface area contributed by atoms with E-state index in [1.165, 1.54) is 70.6 Å². The van der Waals surface area contributed by atoms with Gasteiger partial charge in [-0.15, -0.1) is 0 Å². The van der Waals surface area contributed by atoms with E-state index in [4.69, 9.17) is 9.47 Å². The molecule has 0 aliphatic rings. The Labute approximate surface area is 247 Å². The summed E-state index contributed by atoms with van der Waals surface area (Å²) < 4.78 is 11.5. The molecule has 3 aromatic rings. The molecule has 0 atom stereocenters. The number of nitrogens with one attached hydrogen (secondary N) is 1. The molecule has 0 saturated carbocycles. The molecule has 0 saturated heterocycles. The monoisotopic (exact) mass is 559 g/mol. The van der Waals surface area contributed by atoms with Gasteiger partial charge in [0.25, 0.3) is 5.91 Å². The molecule has 0 aliphatic carbocycles. The largest absolute Gasteiger partial charge is 0.494 e. The average Bonchev–Trinajstić information content (AvgIpc) is 2.99. The highest BCUT2D eigenvalue weighted by molar-refractivity contribution is 5.99. The molecule has 0 aromatic heterocycles. The quantitative estimate of drug-likeness (QED) is 0.0850. The van der Waals surface area contributed by atoms with Gasteiger partial charge in [-0.25, -0.2) is 4.79 Å². The van der Waals surface area contributed by atoms with Gasteiger partial charge in [-0.1, -0.05) is 103 Å². The number of hydrogen-bond donors (Lipinski definition) is 1.